The van der Waals surface area contributed by atoms with E-state index in [1.54, 1.807) is 18.0 Å². The van der Waals surface area contributed by atoms with Crippen LogP contribution in [0, 0.1) is 17.6 Å². The third kappa shape index (κ3) is 7.75. The number of anilines is 2. The second-order valence-corrected chi connectivity index (χ2v) is 11.4. The summed E-state index contributed by atoms with van der Waals surface area (Å²) in [7, 11) is 3.89. The fourth-order valence-corrected chi connectivity index (χ4v) is 5.50. The Labute approximate surface area is 265 Å². The summed E-state index contributed by atoms with van der Waals surface area (Å²) < 4.78 is 35.3. The Kier molecular flexibility index (Phi) is 10.1. The van der Waals surface area contributed by atoms with Gasteiger partial charge in [0.1, 0.15) is 34.5 Å². The maximum atomic E-state index is 15.0. The van der Waals surface area contributed by atoms with E-state index in [4.69, 9.17) is 4.74 Å². The van der Waals surface area contributed by atoms with Gasteiger partial charge in [0.2, 0.25) is 0 Å². The molecule has 12 heteroatoms. The summed E-state index contributed by atoms with van der Waals surface area (Å²) in [6, 6.07) is 14.9. The standard InChI is InChI=1S/C34H36F2N6O4/c1-4-40(2)21-22-7-10-25(18-22)41(3)34(45)39-31-20-27(15-16-37-31)46-26-13-14-30(29(36)19-26)38-32(43)28-6-5-17-42(33(28)44)24-11-8-23(35)9-12-24/h5-6,8-9,11-17,19-20,22,25H,4,7,10,18,21H2,1-3H3,(H,38,43)(H,37,39,45)/t22-,25-/m0/s1. The molecule has 10 nitrogen and oxygen atoms in total. The summed E-state index contributed by atoms with van der Waals surface area (Å²) >= 11 is 0. The number of amides is 3. The number of hydrogen-bond donors (Lipinski definition) is 2. The average Bonchev–Trinajstić information content (AvgIpc) is 3.51. The van der Waals surface area contributed by atoms with E-state index in [2.05, 4.69) is 34.5 Å². The molecule has 2 aromatic heterocycles. The monoisotopic (exact) mass is 630 g/mol. The summed E-state index contributed by atoms with van der Waals surface area (Å²) in [4.78, 5) is 47.0. The first kappa shape index (κ1) is 32.3. The molecule has 0 radical (unpaired) electrons. The van der Waals surface area contributed by atoms with Gasteiger partial charge >= 0.3 is 6.03 Å². The Bertz CT molecular complexity index is 1760. The van der Waals surface area contributed by atoms with Gasteiger partial charge in [-0.25, -0.2) is 18.6 Å². The van der Waals surface area contributed by atoms with Crippen molar-refractivity contribution in [2.45, 2.75) is 32.2 Å². The summed E-state index contributed by atoms with van der Waals surface area (Å²) in [6.45, 7) is 4.14. The SMILES string of the molecule is CCN(C)C[C@H]1CC[C@H](N(C)C(=O)Nc2cc(Oc3ccc(NC(=O)c4cccn(-c5ccc(F)cc5)c4=O)c(F)c3)ccn2)C1. The van der Waals surface area contributed by atoms with Crippen molar-refractivity contribution < 1.29 is 23.1 Å². The number of ether oxygens (including phenoxy) is 1. The lowest BCUT2D eigenvalue weighted by Gasteiger charge is -2.25. The van der Waals surface area contributed by atoms with E-state index in [9.17, 15) is 18.8 Å². The van der Waals surface area contributed by atoms with Crippen LogP contribution in [-0.4, -0.2) is 64.5 Å². The topological polar surface area (TPSA) is 109 Å². The number of aromatic nitrogens is 2. The lowest BCUT2D eigenvalue weighted by molar-refractivity contribution is 0.102. The van der Waals surface area contributed by atoms with Gasteiger partial charge in [-0.05, 0) is 93.4 Å². The molecule has 1 fully saturated rings. The molecule has 1 aliphatic rings. The molecular weight excluding hydrogens is 594 g/mol. The smallest absolute Gasteiger partial charge is 0.323 e. The van der Waals surface area contributed by atoms with E-state index >= 15 is 4.39 Å². The van der Waals surface area contributed by atoms with Crippen LogP contribution in [0.15, 0.2) is 83.9 Å². The van der Waals surface area contributed by atoms with Crippen molar-refractivity contribution in [2.75, 3.05) is 37.8 Å². The largest absolute Gasteiger partial charge is 0.457 e. The van der Waals surface area contributed by atoms with E-state index < -0.39 is 23.1 Å². The average molecular weight is 631 g/mol. The third-order valence-electron chi connectivity index (χ3n) is 8.18. The van der Waals surface area contributed by atoms with E-state index in [0.29, 0.717) is 17.4 Å². The summed E-state index contributed by atoms with van der Waals surface area (Å²) in [5.74, 6) is -0.756. The minimum Gasteiger partial charge on any atom is -0.457 e. The second kappa shape index (κ2) is 14.3. The van der Waals surface area contributed by atoms with Crippen LogP contribution in [0.5, 0.6) is 11.5 Å². The molecule has 1 saturated carbocycles. The molecule has 46 heavy (non-hydrogen) atoms. The molecule has 5 rings (SSSR count). The van der Waals surface area contributed by atoms with Crippen molar-refractivity contribution in [3.63, 3.8) is 0 Å². The summed E-state index contributed by atoms with van der Waals surface area (Å²) in [5, 5.41) is 5.23. The van der Waals surface area contributed by atoms with Gasteiger partial charge in [0.15, 0.2) is 0 Å². The van der Waals surface area contributed by atoms with Crippen LogP contribution in [0.25, 0.3) is 5.69 Å². The van der Waals surface area contributed by atoms with Gasteiger partial charge in [-0.1, -0.05) is 6.92 Å². The van der Waals surface area contributed by atoms with Crippen molar-refractivity contribution in [2.24, 2.45) is 5.92 Å². The number of carbonyl (C=O) groups is 2. The number of carbonyl (C=O) groups excluding carboxylic acids is 2. The molecule has 0 aliphatic heterocycles. The van der Waals surface area contributed by atoms with Crippen molar-refractivity contribution in [1.82, 2.24) is 19.4 Å². The number of urea groups is 1. The lowest BCUT2D eigenvalue weighted by atomic mass is 10.1. The van der Waals surface area contributed by atoms with Gasteiger partial charge in [-0.15, -0.1) is 0 Å². The lowest BCUT2D eigenvalue weighted by Crippen LogP contribution is -2.39. The van der Waals surface area contributed by atoms with Crippen LogP contribution in [0.1, 0.15) is 36.5 Å². The fraction of sp³-hybridized carbons (Fsp3) is 0.294. The van der Waals surface area contributed by atoms with Gasteiger partial charge < -0.3 is 19.9 Å². The number of hydrogen-bond acceptors (Lipinski definition) is 6. The Morgan fingerprint density at radius 2 is 1.76 bits per heavy atom. The Hall–Kier alpha value is -5.10. The highest BCUT2D eigenvalue weighted by molar-refractivity contribution is 6.04. The van der Waals surface area contributed by atoms with E-state index in [-0.39, 0.29) is 34.9 Å². The second-order valence-electron chi connectivity index (χ2n) is 11.4. The van der Waals surface area contributed by atoms with Crippen molar-refractivity contribution in [3.8, 4) is 17.2 Å². The highest BCUT2D eigenvalue weighted by atomic mass is 19.1. The molecule has 0 spiro atoms. The first-order chi connectivity index (χ1) is 22.1. The molecule has 0 bridgehead atoms. The first-order valence-corrected chi connectivity index (χ1v) is 15.1. The molecule has 3 amide bonds. The predicted molar refractivity (Wildman–Crippen MR) is 172 cm³/mol. The van der Waals surface area contributed by atoms with Gasteiger partial charge in [-0.3, -0.25) is 19.5 Å². The van der Waals surface area contributed by atoms with E-state index in [1.807, 2.05) is 0 Å². The number of nitrogens with zero attached hydrogens (tertiary/aromatic N) is 4. The van der Waals surface area contributed by atoms with Crippen molar-refractivity contribution >= 4 is 23.4 Å². The van der Waals surface area contributed by atoms with Crippen LogP contribution in [0.2, 0.25) is 0 Å². The van der Waals surface area contributed by atoms with Gasteiger partial charge in [0.05, 0.1) is 5.69 Å². The normalized spacial score (nSPS) is 15.9. The summed E-state index contributed by atoms with van der Waals surface area (Å²) in [5.41, 5.74) is -0.654. The maximum Gasteiger partial charge on any atom is 0.323 e. The zero-order chi connectivity index (χ0) is 32.8. The molecule has 0 unspecified atom stereocenters. The third-order valence-corrected chi connectivity index (χ3v) is 8.18. The van der Waals surface area contributed by atoms with Gasteiger partial charge in [0.25, 0.3) is 11.5 Å². The Morgan fingerprint density at radius 3 is 2.50 bits per heavy atom. The van der Waals surface area contributed by atoms with Crippen molar-refractivity contribution in [3.05, 3.63) is 107 Å². The van der Waals surface area contributed by atoms with Crippen LogP contribution >= 0.6 is 0 Å². The number of nitrogens with one attached hydrogen (secondary N) is 2. The maximum absolute atomic E-state index is 15.0. The molecule has 2 heterocycles. The highest BCUT2D eigenvalue weighted by Crippen LogP contribution is 2.30. The van der Waals surface area contributed by atoms with Gasteiger partial charge in [0, 0.05) is 49.8 Å². The molecule has 1 aliphatic carbocycles. The minimum absolute atomic E-state index is 0.142. The van der Waals surface area contributed by atoms with Crippen LogP contribution in [0.4, 0.5) is 25.1 Å². The number of pyridine rings is 2. The van der Waals surface area contributed by atoms with Gasteiger partial charge in [-0.2, -0.15) is 0 Å². The molecule has 2 atom stereocenters. The molecule has 4 aromatic rings. The van der Waals surface area contributed by atoms with Crippen LogP contribution in [0.3, 0.4) is 0 Å². The van der Waals surface area contributed by atoms with E-state index in [1.165, 1.54) is 71.6 Å². The number of rotatable bonds is 10. The molecule has 2 N–H and O–H groups in total. The molecule has 240 valence electrons. The number of benzene rings is 2. The number of halogens is 2. The Balaban J connectivity index is 1.20. The van der Waals surface area contributed by atoms with E-state index in [0.717, 1.165) is 38.4 Å². The highest BCUT2D eigenvalue weighted by Gasteiger charge is 2.30. The fourth-order valence-electron chi connectivity index (χ4n) is 5.50. The van der Waals surface area contributed by atoms with Crippen LogP contribution < -0.4 is 20.9 Å². The zero-order valence-electron chi connectivity index (χ0n) is 25.9. The molecule has 2 aromatic carbocycles. The minimum atomic E-state index is -0.810. The predicted octanol–water partition coefficient (Wildman–Crippen LogP) is 6.14. The van der Waals surface area contributed by atoms with Crippen LogP contribution in [-0.2, 0) is 0 Å². The quantitative estimate of drug-likeness (QED) is 0.218. The summed E-state index contributed by atoms with van der Waals surface area (Å²) in [6.07, 6.45) is 5.90. The van der Waals surface area contributed by atoms with Crippen molar-refractivity contribution in [1.29, 1.82) is 0 Å². The molecule has 0 saturated heterocycles. The first-order valence-electron chi connectivity index (χ1n) is 15.1. The Morgan fingerprint density at radius 1 is 1.00 bits per heavy atom. The molecular formula is C34H36F2N6O4. The zero-order valence-corrected chi connectivity index (χ0v) is 25.9.